The number of carbonyl (C=O) groups is 2. The molecule has 0 saturated carbocycles. The largest absolute Gasteiger partial charge is 0.351 e. The second-order valence-corrected chi connectivity index (χ2v) is 5.53. The van der Waals surface area contributed by atoms with Crippen LogP contribution >= 0.6 is 11.6 Å². The number of hydrazone groups is 1. The van der Waals surface area contributed by atoms with E-state index in [-0.39, 0.29) is 30.5 Å². The van der Waals surface area contributed by atoms with Crippen LogP contribution in [-0.4, -0.2) is 29.5 Å². The van der Waals surface area contributed by atoms with E-state index in [2.05, 4.69) is 15.8 Å². The fourth-order valence-corrected chi connectivity index (χ4v) is 2.17. The smallest absolute Gasteiger partial charge is 0.269 e. The lowest BCUT2D eigenvalue weighted by atomic mass is 10.2. The average molecular weight is 375 g/mol. The standard InChI is InChI=1S/C17H15ClN4O4/c18-15-4-2-1-3-14(15)17(24)19-10-9-16(23)21-20-11-12-5-7-13(8-6-12)22(25)26/h1-8,11H,9-10H2,(H,19,24)(H,21,23). The second kappa shape index (κ2) is 9.28. The summed E-state index contributed by atoms with van der Waals surface area (Å²) in [5, 5.41) is 17.2. The lowest BCUT2D eigenvalue weighted by Crippen LogP contribution is -2.29. The van der Waals surface area contributed by atoms with Gasteiger partial charge in [0, 0.05) is 25.1 Å². The third-order valence-corrected chi connectivity index (χ3v) is 3.59. The molecule has 26 heavy (non-hydrogen) atoms. The number of nitro groups is 1. The van der Waals surface area contributed by atoms with E-state index >= 15 is 0 Å². The molecule has 0 heterocycles. The molecule has 0 saturated heterocycles. The topological polar surface area (TPSA) is 114 Å². The summed E-state index contributed by atoms with van der Waals surface area (Å²) in [6.45, 7) is 0.128. The summed E-state index contributed by atoms with van der Waals surface area (Å²) in [7, 11) is 0. The Bertz CT molecular complexity index is 837. The van der Waals surface area contributed by atoms with Crippen LogP contribution in [0.2, 0.25) is 5.02 Å². The summed E-state index contributed by atoms with van der Waals surface area (Å²) < 4.78 is 0. The molecule has 2 aromatic rings. The molecule has 0 unspecified atom stereocenters. The van der Waals surface area contributed by atoms with Gasteiger partial charge in [-0.2, -0.15) is 5.10 Å². The van der Waals surface area contributed by atoms with Gasteiger partial charge in [-0.3, -0.25) is 19.7 Å². The summed E-state index contributed by atoms with van der Waals surface area (Å²) in [6, 6.07) is 12.3. The summed E-state index contributed by atoms with van der Waals surface area (Å²) in [5.41, 5.74) is 3.22. The Kier molecular flexibility index (Phi) is 6.81. The fraction of sp³-hybridized carbons (Fsp3) is 0.118. The molecule has 2 aromatic carbocycles. The van der Waals surface area contributed by atoms with Crippen molar-refractivity contribution in [2.75, 3.05) is 6.54 Å². The number of halogens is 1. The van der Waals surface area contributed by atoms with Gasteiger partial charge in [-0.05, 0) is 29.8 Å². The Hall–Kier alpha value is -3.26. The van der Waals surface area contributed by atoms with Crippen molar-refractivity contribution in [2.24, 2.45) is 5.10 Å². The van der Waals surface area contributed by atoms with Crippen molar-refractivity contribution in [3.63, 3.8) is 0 Å². The lowest BCUT2D eigenvalue weighted by Gasteiger charge is -2.06. The minimum absolute atomic E-state index is 0.0274. The number of non-ortho nitro benzene ring substituents is 1. The van der Waals surface area contributed by atoms with E-state index in [0.717, 1.165) is 0 Å². The van der Waals surface area contributed by atoms with Crippen molar-refractivity contribution < 1.29 is 14.5 Å². The van der Waals surface area contributed by atoms with E-state index in [9.17, 15) is 19.7 Å². The second-order valence-electron chi connectivity index (χ2n) is 5.13. The molecule has 2 rings (SSSR count). The number of carbonyl (C=O) groups excluding carboxylic acids is 2. The third kappa shape index (κ3) is 5.67. The number of hydrogen-bond acceptors (Lipinski definition) is 5. The molecule has 0 radical (unpaired) electrons. The van der Waals surface area contributed by atoms with E-state index in [1.165, 1.54) is 30.5 Å². The van der Waals surface area contributed by atoms with Crippen molar-refractivity contribution in [3.05, 3.63) is 74.8 Å². The maximum Gasteiger partial charge on any atom is 0.269 e. The Balaban J connectivity index is 1.74. The zero-order valence-electron chi connectivity index (χ0n) is 13.5. The average Bonchev–Trinajstić information content (AvgIpc) is 2.62. The molecule has 0 aliphatic carbocycles. The number of amides is 2. The van der Waals surface area contributed by atoms with Crippen LogP contribution in [0.4, 0.5) is 5.69 Å². The zero-order chi connectivity index (χ0) is 18.9. The maximum atomic E-state index is 11.9. The van der Waals surface area contributed by atoms with Gasteiger partial charge in [-0.1, -0.05) is 23.7 Å². The lowest BCUT2D eigenvalue weighted by molar-refractivity contribution is -0.384. The molecule has 134 valence electrons. The van der Waals surface area contributed by atoms with E-state index in [4.69, 9.17) is 11.6 Å². The number of benzene rings is 2. The van der Waals surface area contributed by atoms with Crippen LogP contribution in [0.3, 0.4) is 0 Å². The zero-order valence-corrected chi connectivity index (χ0v) is 14.3. The van der Waals surface area contributed by atoms with E-state index < -0.39 is 4.92 Å². The number of nitrogens with zero attached hydrogens (tertiary/aromatic N) is 2. The third-order valence-electron chi connectivity index (χ3n) is 3.26. The molecule has 2 amide bonds. The van der Waals surface area contributed by atoms with Gasteiger partial charge in [0.1, 0.15) is 0 Å². The molecule has 0 spiro atoms. The van der Waals surface area contributed by atoms with Gasteiger partial charge in [-0.25, -0.2) is 5.43 Å². The van der Waals surface area contributed by atoms with Crippen LogP contribution in [0, 0.1) is 10.1 Å². The highest BCUT2D eigenvalue weighted by molar-refractivity contribution is 6.33. The quantitative estimate of drug-likeness (QED) is 0.440. The van der Waals surface area contributed by atoms with Crippen molar-refractivity contribution in [3.8, 4) is 0 Å². The monoisotopic (exact) mass is 374 g/mol. The van der Waals surface area contributed by atoms with Crippen LogP contribution in [0.1, 0.15) is 22.3 Å². The summed E-state index contributed by atoms with van der Waals surface area (Å²) in [5.74, 6) is -0.750. The minimum atomic E-state index is -0.500. The van der Waals surface area contributed by atoms with Gasteiger partial charge in [-0.15, -0.1) is 0 Å². The summed E-state index contributed by atoms with van der Waals surface area (Å²) in [4.78, 5) is 33.6. The molecular weight excluding hydrogens is 360 g/mol. The predicted molar refractivity (Wildman–Crippen MR) is 97.2 cm³/mol. The first-order valence-electron chi connectivity index (χ1n) is 7.56. The van der Waals surface area contributed by atoms with Crippen molar-refractivity contribution in [1.82, 2.24) is 10.7 Å². The maximum absolute atomic E-state index is 11.9. The number of hydrogen-bond donors (Lipinski definition) is 2. The highest BCUT2D eigenvalue weighted by atomic mass is 35.5. The molecule has 0 atom stereocenters. The molecule has 8 nitrogen and oxygen atoms in total. The molecule has 0 aliphatic rings. The van der Waals surface area contributed by atoms with Crippen LogP contribution < -0.4 is 10.7 Å². The molecule has 0 bridgehead atoms. The fourth-order valence-electron chi connectivity index (χ4n) is 1.95. The van der Waals surface area contributed by atoms with Gasteiger partial charge in [0.15, 0.2) is 0 Å². The van der Waals surface area contributed by atoms with E-state index in [1.807, 2.05) is 0 Å². The SMILES string of the molecule is O=C(CCNC(=O)c1ccccc1Cl)NN=Cc1ccc([N+](=O)[O-])cc1. The van der Waals surface area contributed by atoms with Gasteiger partial charge in [0.2, 0.25) is 5.91 Å². The van der Waals surface area contributed by atoms with E-state index in [1.54, 1.807) is 24.3 Å². The predicted octanol–water partition coefficient (Wildman–Crippen LogP) is 2.52. The Labute approximate surface area is 154 Å². The first kappa shape index (κ1) is 19.1. The van der Waals surface area contributed by atoms with Gasteiger partial charge < -0.3 is 5.32 Å². The molecule has 0 fully saturated rings. The Morgan fingerprint density at radius 3 is 2.50 bits per heavy atom. The van der Waals surface area contributed by atoms with Crippen molar-refractivity contribution in [2.45, 2.75) is 6.42 Å². The molecule has 0 aliphatic heterocycles. The normalized spacial score (nSPS) is 10.5. The number of nitrogens with one attached hydrogen (secondary N) is 2. The van der Waals surface area contributed by atoms with Crippen molar-refractivity contribution >= 4 is 35.3 Å². The highest BCUT2D eigenvalue weighted by Crippen LogP contribution is 2.14. The van der Waals surface area contributed by atoms with Gasteiger partial charge in [0.25, 0.3) is 11.6 Å². The summed E-state index contributed by atoms with van der Waals surface area (Å²) >= 11 is 5.92. The Morgan fingerprint density at radius 2 is 1.85 bits per heavy atom. The molecule has 0 aromatic heterocycles. The Morgan fingerprint density at radius 1 is 1.15 bits per heavy atom. The summed E-state index contributed by atoms with van der Waals surface area (Å²) in [6.07, 6.45) is 1.40. The van der Waals surface area contributed by atoms with E-state index in [0.29, 0.717) is 16.1 Å². The molecule has 9 heteroatoms. The number of nitro benzene ring substituents is 1. The van der Waals surface area contributed by atoms with Crippen LogP contribution in [-0.2, 0) is 4.79 Å². The van der Waals surface area contributed by atoms with Crippen LogP contribution in [0.5, 0.6) is 0 Å². The number of rotatable bonds is 7. The molecular formula is C17H15ClN4O4. The minimum Gasteiger partial charge on any atom is -0.351 e. The first-order valence-corrected chi connectivity index (χ1v) is 7.94. The van der Waals surface area contributed by atoms with Gasteiger partial charge in [0.05, 0.1) is 21.7 Å². The highest BCUT2D eigenvalue weighted by Gasteiger charge is 2.09. The van der Waals surface area contributed by atoms with Crippen LogP contribution in [0.15, 0.2) is 53.6 Å². The van der Waals surface area contributed by atoms with Gasteiger partial charge >= 0.3 is 0 Å². The first-order chi connectivity index (χ1) is 12.5. The van der Waals surface area contributed by atoms with Crippen molar-refractivity contribution in [1.29, 1.82) is 0 Å². The van der Waals surface area contributed by atoms with Crippen LogP contribution in [0.25, 0.3) is 0 Å². The molecule has 2 N–H and O–H groups in total.